The first-order valence-corrected chi connectivity index (χ1v) is 7.48. The van der Waals surface area contributed by atoms with Crippen LogP contribution in [0.4, 0.5) is 0 Å². The molecule has 0 saturated heterocycles. The van der Waals surface area contributed by atoms with Gasteiger partial charge in [-0.2, -0.15) is 4.98 Å². The number of nitrogens with zero attached hydrogens (tertiary/aromatic N) is 2. The zero-order valence-electron chi connectivity index (χ0n) is 13.8. The Bertz CT molecular complexity index is 875. The Hall–Kier alpha value is -3.35. The molecule has 1 heterocycles. The van der Waals surface area contributed by atoms with Crippen molar-refractivity contribution < 1.29 is 23.5 Å². The van der Waals surface area contributed by atoms with Crippen molar-refractivity contribution in [3.05, 3.63) is 60.0 Å². The summed E-state index contributed by atoms with van der Waals surface area (Å²) in [5.41, 5.74) is 1.13. The maximum absolute atomic E-state index is 11.5. The van der Waals surface area contributed by atoms with Gasteiger partial charge in [-0.05, 0) is 30.3 Å². The minimum atomic E-state index is -0.429. The molecule has 0 fully saturated rings. The minimum Gasteiger partial charge on any atom is -0.496 e. The molecule has 0 amide bonds. The first kappa shape index (κ1) is 16.5. The summed E-state index contributed by atoms with van der Waals surface area (Å²) in [6, 6.07) is 14.0. The van der Waals surface area contributed by atoms with Gasteiger partial charge >= 0.3 is 5.97 Å². The predicted molar refractivity (Wildman–Crippen MR) is 88.4 cm³/mol. The van der Waals surface area contributed by atoms with Gasteiger partial charge in [-0.15, -0.1) is 0 Å². The van der Waals surface area contributed by atoms with E-state index in [1.54, 1.807) is 31.4 Å². The quantitative estimate of drug-likeness (QED) is 0.637. The van der Waals surface area contributed by atoms with Gasteiger partial charge in [0.15, 0.2) is 6.61 Å². The van der Waals surface area contributed by atoms with Crippen molar-refractivity contribution in [3.63, 3.8) is 0 Å². The van der Waals surface area contributed by atoms with Crippen molar-refractivity contribution in [2.45, 2.75) is 6.61 Å². The number of carbonyl (C=O) groups excluding carboxylic acids is 1. The van der Waals surface area contributed by atoms with E-state index in [4.69, 9.17) is 14.0 Å². The van der Waals surface area contributed by atoms with Crippen LogP contribution < -0.4 is 9.47 Å². The van der Waals surface area contributed by atoms with Crippen LogP contribution in [0.2, 0.25) is 0 Å². The van der Waals surface area contributed by atoms with E-state index in [9.17, 15) is 4.79 Å². The molecule has 0 aliphatic rings. The summed E-state index contributed by atoms with van der Waals surface area (Å²) in [6.45, 7) is 0.0762. The number of ether oxygens (including phenoxy) is 3. The lowest BCUT2D eigenvalue weighted by Gasteiger charge is -2.05. The van der Waals surface area contributed by atoms with Gasteiger partial charge in [0.2, 0.25) is 5.82 Å². The third kappa shape index (κ3) is 3.77. The first-order chi connectivity index (χ1) is 12.2. The summed E-state index contributed by atoms with van der Waals surface area (Å²) in [7, 11) is 2.91. The molecule has 0 atom stereocenters. The molecular formula is C18H16N2O5. The highest BCUT2D eigenvalue weighted by Crippen LogP contribution is 2.27. The van der Waals surface area contributed by atoms with Crippen molar-refractivity contribution >= 4 is 5.97 Å². The topological polar surface area (TPSA) is 83.7 Å². The van der Waals surface area contributed by atoms with Crippen LogP contribution in [0.5, 0.6) is 11.5 Å². The largest absolute Gasteiger partial charge is 0.496 e. The van der Waals surface area contributed by atoms with Crippen molar-refractivity contribution in [3.8, 4) is 22.9 Å². The number of esters is 1. The number of carbonyl (C=O) groups is 1. The van der Waals surface area contributed by atoms with Gasteiger partial charge in [0.05, 0.1) is 25.3 Å². The van der Waals surface area contributed by atoms with E-state index in [-0.39, 0.29) is 6.61 Å². The molecule has 0 unspecified atom stereocenters. The second-order valence-electron chi connectivity index (χ2n) is 5.02. The van der Waals surface area contributed by atoms with Crippen LogP contribution >= 0.6 is 0 Å². The summed E-state index contributed by atoms with van der Waals surface area (Å²) >= 11 is 0. The molecule has 7 heteroatoms. The lowest BCUT2D eigenvalue weighted by atomic mass is 10.2. The summed E-state index contributed by atoms with van der Waals surface area (Å²) in [6.07, 6.45) is 0. The normalized spacial score (nSPS) is 10.3. The van der Waals surface area contributed by atoms with E-state index < -0.39 is 5.97 Å². The molecule has 0 aliphatic heterocycles. The molecule has 7 nitrogen and oxygen atoms in total. The molecule has 25 heavy (non-hydrogen) atoms. The van der Waals surface area contributed by atoms with Gasteiger partial charge in [-0.25, -0.2) is 4.79 Å². The second kappa shape index (κ2) is 7.48. The van der Waals surface area contributed by atoms with Crippen LogP contribution in [0.1, 0.15) is 16.2 Å². The van der Waals surface area contributed by atoms with Crippen molar-refractivity contribution in [1.82, 2.24) is 10.1 Å². The molecule has 128 valence electrons. The van der Waals surface area contributed by atoms with E-state index in [1.807, 2.05) is 24.3 Å². The summed E-state index contributed by atoms with van der Waals surface area (Å²) in [5.74, 6) is 1.45. The van der Waals surface area contributed by atoms with E-state index in [1.165, 1.54) is 7.11 Å². The molecule has 3 aromatic rings. The Morgan fingerprint density at radius 3 is 2.76 bits per heavy atom. The second-order valence-corrected chi connectivity index (χ2v) is 5.02. The van der Waals surface area contributed by atoms with Crippen LogP contribution in [-0.2, 0) is 11.3 Å². The molecule has 1 aromatic heterocycles. The van der Waals surface area contributed by atoms with Gasteiger partial charge in [-0.1, -0.05) is 23.4 Å². The number of para-hydroxylation sites is 1. The third-order valence-corrected chi connectivity index (χ3v) is 3.43. The summed E-state index contributed by atoms with van der Waals surface area (Å²) in [5, 5.41) is 3.95. The maximum Gasteiger partial charge on any atom is 0.337 e. The average Bonchev–Trinajstić information content (AvgIpc) is 3.14. The SMILES string of the molecule is COC(=O)c1cccc(OCc2nc(-c3ccccc3OC)no2)c1. The van der Waals surface area contributed by atoms with Gasteiger partial charge in [0.1, 0.15) is 11.5 Å². The van der Waals surface area contributed by atoms with E-state index in [0.29, 0.717) is 28.8 Å². The smallest absolute Gasteiger partial charge is 0.337 e. The standard InChI is InChI=1S/C18H16N2O5/c1-22-15-9-4-3-8-14(15)17-19-16(25-20-17)11-24-13-7-5-6-12(10-13)18(21)23-2/h3-10H,11H2,1-2H3. The predicted octanol–water partition coefficient (Wildman–Crippen LogP) is 3.11. The van der Waals surface area contributed by atoms with Crippen LogP contribution in [0.25, 0.3) is 11.4 Å². The molecule has 0 spiro atoms. The van der Waals surface area contributed by atoms with Gasteiger partial charge in [0.25, 0.3) is 5.89 Å². The highest BCUT2D eigenvalue weighted by Gasteiger charge is 2.13. The van der Waals surface area contributed by atoms with E-state index in [2.05, 4.69) is 14.9 Å². The molecule has 3 rings (SSSR count). The Morgan fingerprint density at radius 2 is 1.96 bits per heavy atom. The number of aromatic nitrogens is 2. The van der Waals surface area contributed by atoms with Crippen LogP contribution in [0, 0.1) is 0 Å². The number of hydrogen-bond donors (Lipinski definition) is 0. The monoisotopic (exact) mass is 340 g/mol. The number of hydrogen-bond acceptors (Lipinski definition) is 7. The van der Waals surface area contributed by atoms with Gasteiger partial charge < -0.3 is 18.7 Å². The highest BCUT2D eigenvalue weighted by atomic mass is 16.5. The molecule has 0 bridgehead atoms. The zero-order valence-corrected chi connectivity index (χ0v) is 13.8. The summed E-state index contributed by atoms with van der Waals surface area (Å²) in [4.78, 5) is 15.8. The van der Waals surface area contributed by atoms with Crippen molar-refractivity contribution in [2.75, 3.05) is 14.2 Å². The number of benzene rings is 2. The lowest BCUT2D eigenvalue weighted by molar-refractivity contribution is 0.0600. The van der Waals surface area contributed by atoms with E-state index in [0.717, 1.165) is 5.56 Å². The molecule has 0 radical (unpaired) electrons. The Labute approximate surface area is 144 Å². The first-order valence-electron chi connectivity index (χ1n) is 7.48. The van der Waals surface area contributed by atoms with Crippen LogP contribution in [-0.4, -0.2) is 30.3 Å². The Balaban J connectivity index is 1.71. The Kier molecular flexibility index (Phi) is 4.94. The molecule has 0 aliphatic carbocycles. The minimum absolute atomic E-state index is 0.0762. The van der Waals surface area contributed by atoms with Crippen molar-refractivity contribution in [2.24, 2.45) is 0 Å². The lowest BCUT2D eigenvalue weighted by Crippen LogP contribution is -2.02. The summed E-state index contributed by atoms with van der Waals surface area (Å²) < 4.78 is 20.8. The fourth-order valence-electron chi connectivity index (χ4n) is 2.23. The number of rotatable bonds is 6. The fraction of sp³-hybridized carbons (Fsp3) is 0.167. The van der Waals surface area contributed by atoms with Gasteiger partial charge in [0, 0.05) is 0 Å². The fourth-order valence-corrected chi connectivity index (χ4v) is 2.23. The van der Waals surface area contributed by atoms with Crippen LogP contribution in [0.3, 0.4) is 0 Å². The molecular weight excluding hydrogens is 324 g/mol. The zero-order chi connectivity index (χ0) is 17.6. The maximum atomic E-state index is 11.5. The van der Waals surface area contributed by atoms with Gasteiger partial charge in [-0.3, -0.25) is 0 Å². The molecule has 0 saturated carbocycles. The van der Waals surface area contributed by atoms with Crippen LogP contribution in [0.15, 0.2) is 53.1 Å². The van der Waals surface area contributed by atoms with E-state index >= 15 is 0 Å². The third-order valence-electron chi connectivity index (χ3n) is 3.43. The molecule has 0 N–H and O–H groups in total. The number of methoxy groups -OCH3 is 2. The Morgan fingerprint density at radius 1 is 1.12 bits per heavy atom. The van der Waals surface area contributed by atoms with Crippen molar-refractivity contribution in [1.29, 1.82) is 0 Å². The highest BCUT2D eigenvalue weighted by molar-refractivity contribution is 5.89. The molecule has 2 aromatic carbocycles. The average molecular weight is 340 g/mol.